The van der Waals surface area contributed by atoms with Gasteiger partial charge in [0.2, 0.25) is 5.88 Å². The number of aromatic amines is 1. The van der Waals surface area contributed by atoms with E-state index in [0.717, 1.165) is 55.0 Å². The molecule has 33 heavy (non-hydrogen) atoms. The first-order valence-electron chi connectivity index (χ1n) is 11.3. The van der Waals surface area contributed by atoms with Gasteiger partial charge in [0.15, 0.2) is 5.82 Å². The predicted molar refractivity (Wildman–Crippen MR) is 123 cm³/mol. The lowest BCUT2D eigenvalue weighted by Crippen LogP contribution is -2.54. The third-order valence-corrected chi connectivity index (χ3v) is 6.32. The lowest BCUT2D eigenvalue weighted by Gasteiger charge is -2.40. The molecule has 0 aliphatic carbocycles. The highest BCUT2D eigenvalue weighted by Gasteiger charge is 2.42. The Kier molecular flexibility index (Phi) is 6.06. The quantitative estimate of drug-likeness (QED) is 0.475. The van der Waals surface area contributed by atoms with Gasteiger partial charge in [-0.2, -0.15) is 0 Å². The van der Waals surface area contributed by atoms with Crippen LogP contribution >= 0.6 is 0 Å². The van der Waals surface area contributed by atoms with Crippen molar-refractivity contribution in [2.75, 3.05) is 40.0 Å². The normalized spacial score (nSPS) is 19.8. The van der Waals surface area contributed by atoms with Crippen molar-refractivity contribution in [2.45, 2.75) is 24.7 Å². The molecular weight excluding hydrogens is 420 g/mol. The summed E-state index contributed by atoms with van der Waals surface area (Å²) in [6, 6.07) is 7.47. The van der Waals surface area contributed by atoms with Crippen LogP contribution in [0.3, 0.4) is 0 Å². The second-order valence-electron chi connectivity index (χ2n) is 8.56. The summed E-state index contributed by atoms with van der Waals surface area (Å²) in [6.07, 6.45) is 6.36. The zero-order valence-corrected chi connectivity index (χ0v) is 18.7. The molecule has 9 nitrogen and oxygen atoms in total. The number of pyridine rings is 1. The number of piperidine rings is 1. The van der Waals surface area contributed by atoms with Crippen molar-refractivity contribution in [3.05, 3.63) is 47.9 Å². The summed E-state index contributed by atoms with van der Waals surface area (Å²) in [7, 11) is 1.67. The average Bonchev–Trinajstić information content (AvgIpc) is 3.33. The van der Waals surface area contributed by atoms with E-state index in [-0.39, 0.29) is 11.3 Å². The molecule has 2 aliphatic heterocycles. The number of nitrogens with zero attached hydrogens (tertiary/aromatic N) is 3. The van der Waals surface area contributed by atoms with Crippen molar-refractivity contribution in [3.63, 3.8) is 0 Å². The molecular formula is C24H28N6O3. The van der Waals surface area contributed by atoms with Crippen LogP contribution in [0.25, 0.3) is 22.8 Å². The molecule has 1 amide bonds. The van der Waals surface area contributed by atoms with Gasteiger partial charge in [0.05, 0.1) is 23.6 Å². The number of hydrogen-bond acceptors (Lipinski definition) is 7. The van der Waals surface area contributed by atoms with Crippen LogP contribution in [0.15, 0.2) is 36.7 Å². The minimum Gasteiger partial charge on any atom is -0.478 e. The first kappa shape index (κ1) is 21.5. The molecule has 3 aromatic rings. The van der Waals surface area contributed by atoms with E-state index in [1.807, 2.05) is 24.3 Å². The van der Waals surface area contributed by atoms with Crippen LogP contribution in [0.2, 0.25) is 0 Å². The fraction of sp³-hybridized carbons (Fsp3) is 0.417. The largest absolute Gasteiger partial charge is 0.478 e. The van der Waals surface area contributed by atoms with E-state index in [2.05, 4.69) is 25.6 Å². The number of ether oxygens (including phenoxy) is 2. The first-order valence-corrected chi connectivity index (χ1v) is 11.3. The fourth-order valence-electron chi connectivity index (χ4n) is 4.58. The van der Waals surface area contributed by atoms with Crippen LogP contribution in [0.1, 0.15) is 35.3 Å². The number of rotatable bonds is 7. The molecule has 0 saturated carbocycles. The lowest BCUT2D eigenvalue weighted by atomic mass is 9.74. The highest BCUT2D eigenvalue weighted by molar-refractivity contribution is 5.98. The molecule has 2 aliphatic rings. The third-order valence-electron chi connectivity index (χ3n) is 6.32. The zero-order chi connectivity index (χ0) is 22.7. The van der Waals surface area contributed by atoms with Crippen LogP contribution in [0, 0.1) is 0 Å². The van der Waals surface area contributed by atoms with Gasteiger partial charge < -0.3 is 25.1 Å². The van der Waals surface area contributed by atoms with Gasteiger partial charge in [-0.3, -0.25) is 4.79 Å². The zero-order valence-electron chi connectivity index (χ0n) is 18.7. The standard InChI is InChI=1S/C24H28N6O3/c1-32-10-3-11-33-20-5-4-16(13-27-20)22-26-9-6-18(30-22)19-12-17-21(29-19)24(15-28-23(17)31)7-2-8-25-14-24/h4-6,9,12-13,25,29H,2-3,7-8,10-11,14-15H2,1H3,(H,28,31)/t24-/m0/s1. The van der Waals surface area contributed by atoms with Gasteiger partial charge in [-0.05, 0) is 37.6 Å². The predicted octanol–water partition coefficient (Wildman–Crippen LogP) is 2.31. The Balaban J connectivity index is 1.39. The van der Waals surface area contributed by atoms with Crippen LogP contribution in [0.4, 0.5) is 0 Å². The van der Waals surface area contributed by atoms with Gasteiger partial charge in [0, 0.05) is 68.4 Å². The number of nitrogens with one attached hydrogen (secondary N) is 3. The van der Waals surface area contributed by atoms with Gasteiger partial charge in [-0.1, -0.05) is 0 Å². The number of fused-ring (bicyclic) bond motifs is 2. The topological polar surface area (TPSA) is 114 Å². The molecule has 0 bridgehead atoms. The maximum Gasteiger partial charge on any atom is 0.253 e. The van der Waals surface area contributed by atoms with Gasteiger partial charge in [0.25, 0.3) is 5.91 Å². The van der Waals surface area contributed by atoms with Crippen molar-refractivity contribution in [3.8, 4) is 28.7 Å². The molecule has 9 heteroatoms. The minimum absolute atomic E-state index is 0.0386. The van der Waals surface area contributed by atoms with Gasteiger partial charge in [-0.25, -0.2) is 15.0 Å². The Hall–Kier alpha value is -3.30. The van der Waals surface area contributed by atoms with Crippen molar-refractivity contribution in [1.29, 1.82) is 0 Å². The van der Waals surface area contributed by atoms with E-state index in [0.29, 0.717) is 37.0 Å². The molecule has 3 N–H and O–H groups in total. The summed E-state index contributed by atoms with van der Waals surface area (Å²) in [5.74, 6) is 1.08. The Labute approximate surface area is 192 Å². The highest BCUT2D eigenvalue weighted by Crippen LogP contribution is 2.37. The number of aromatic nitrogens is 4. The van der Waals surface area contributed by atoms with Crippen molar-refractivity contribution in [2.24, 2.45) is 0 Å². The molecule has 3 aromatic heterocycles. The van der Waals surface area contributed by atoms with Crippen LogP contribution in [-0.2, 0) is 10.2 Å². The minimum atomic E-state index is -0.0986. The van der Waals surface area contributed by atoms with Gasteiger partial charge in [0.1, 0.15) is 0 Å². The summed E-state index contributed by atoms with van der Waals surface area (Å²) in [6.45, 7) is 3.71. The van der Waals surface area contributed by atoms with E-state index < -0.39 is 0 Å². The van der Waals surface area contributed by atoms with E-state index in [1.165, 1.54) is 0 Å². The fourth-order valence-corrected chi connectivity index (χ4v) is 4.58. The average molecular weight is 449 g/mol. The van der Waals surface area contributed by atoms with Crippen LogP contribution in [-0.4, -0.2) is 65.8 Å². The maximum atomic E-state index is 12.6. The van der Waals surface area contributed by atoms with Crippen molar-refractivity contribution < 1.29 is 14.3 Å². The van der Waals surface area contributed by atoms with E-state index in [1.54, 1.807) is 19.5 Å². The second-order valence-corrected chi connectivity index (χ2v) is 8.56. The van der Waals surface area contributed by atoms with Gasteiger partial charge in [-0.15, -0.1) is 0 Å². The summed E-state index contributed by atoms with van der Waals surface area (Å²) >= 11 is 0. The Bertz CT molecular complexity index is 1120. The van der Waals surface area contributed by atoms with Crippen LogP contribution in [0.5, 0.6) is 5.88 Å². The second kappa shape index (κ2) is 9.29. The smallest absolute Gasteiger partial charge is 0.253 e. The highest BCUT2D eigenvalue weighted by atomic mass is 16.5. The summed E-state index contributed by atoms with van der Waals surface area (Å²) in [5, 5.41) is 6.55. The maximum absolute atomic E-state index is 12.6. The molecule has 1 fully saturated rings. The Morgan fingerprint density at radius 1 is 1.15 bits per heavy atom. The number of amides is 1. The summed E-state index contributed by atoms with van der Waals surface area (Å²) in [5.41, 5.74) is 3.96. The molecule has 5 heterocycles. The van der Waals surface area contributed by atoms with E-state index in [9.17, 15) is 4.79 Å². The van der Waals surface area contributed by atoms with Gasteiger partial charge >= 0.3 is 0 Å². The number of carbonyl (C=O) groups excluding carboxylic acids is 1. The Morgan fingerprint density at radius 2 is 2.09 bits per heavy atom. The van der Waals surface area contributed by atoms with Crippen LogP contribution < -0.4 is 15.4 Å². The number of H-pyrrole nitrogens is 1. The monoisotopic (exact) mass is 448 g/mol. The molecule has 5 rings (SSSR count). The number of methoxy groups -OCH3 is 1. The van der Waals surface area contributed by atoms with Crippen molar-refractivity contribution in [1.82, 2.24) is 30.6 Å². The number of carbonyl (C=O) groups is 1. The summed E-state index contributed by atoms with van der Waals surface area (Å²) < 4.78 is 10.6. The molecule has 1 saturated heterocycles. The Morgan fingerprint density at radius 3 is 2.88 bits per heavy atom. The molecule has 0 radical (unpaired) electrons. The van der Waals surface area contributed by atoms with Crippen molar-refractivity contribution >= 4 is 5.91 Å². The molecule has 0 unspecified atom stereocenters. The first-order chi connectivity index (χ1) is 16.2. The molecule has 1 spiro atoms. The SMILES string of the molecule is COCCCOc1ccc(-c2nccc(-c3cc4c([nH]3)[C@]3(CCCNC3)CNC4=O)n2)cn1. The molecule has 0 aromatic carbocycles. The molecule has 1 atom stereocenters. The van der Waals surface area contributed by atoms with E-state index in [4.69, 9.17) is 14.5 Å². The summed E-state index contributed by atoms with van der Waals surface area (Å²) in [4.78, 5) is 29.6. The number of hydrogen-bond donors (Lipinski definition) is 3. The lowest BCUT2D eigenvalue weighted by molar-refractivity contribution is 0.0915. The molecule has 172 valence electrons. The third kappa shape index (κ3) is 4.34. The van der Waals surface area contributed by atoms with E-state index >= 15 is 0 Å².